The van der Waals surface area contributed by atoms with Gasteiger partial charge >= 0.3 is 0 Å². The molecule has 0 saturated carbocycles. The van der Waals surface area contributed by atoms with Crippen LogP contribution in [-0.4, -0.2) is 10.1 Å². The number of nitrogens with zero attached hydrogens (tertiary/aromatic N) is 2. The van der Waals surface area contributed by atoms with Gasteiger partial charge in [0.25, 0.3) is 0 Å². The topological polar surface area (TPSA) is 77.0 Å². The van der Waals surface area contributed by atoms with Crippen molar-refractivity contribution in [3.05, 3.63) is 72.8 Å². The van der Waals surface area contributed by atoms with Gasteiger partial charge in [0.2, 0.25) is 0 Å². The first-order valence-electron chi connectivity index (χ1n) is 7.51. The summed E-state index contributed by atoms with van der Waals surface area (Å²) in [6.45, 7) is 8.17. The summed E-state index contributed by atoms with van der Waals surface area (Å²) in [6.07, 6.45) is 4.94. The van der Waals surface area contributed by atoms with Crippen LogP contribution in [0.25, 0.3) is 23.3 Å². The maximum absolute atomic E-state index is 6.00. The van der Waals surface area contributed by atoms with E-state index in [1.807, 2.05) is 36.4 Å². The molecule has 1 aromatic carbocycles. The molecule has 5 heteroatoms. The van der Waals surface area contributed by atoms with Gasteiger partial charge in [0, 0.05) is 18.3 Å². The normalized spacial score (nSPS) is 10.3. The standard InChI is InChI=1S/C19H18N4O/c1-3-15-18(17(4-2)24-23-15)14-10-16(19(20)22-12-14)21-11-13-8-6-5-7-9-13/h3-10,12,21H,1-2,11H2,(H2,20,22). The van der Waals surface area contributed by atoms with Crippen LogP contribution in [0.2, 0.25) is 0 Å². The van der Waals surface area contributed by atoms with Crippen molar-refractivity contribution in [1.82, 2.24) is 10.1 Å². The largest absolute Gasteiger partial charge is 0.382 e. The van der Waals surface area contributed by atoms with Crippen molar-refractivity contribution in [1.29, 1.82) is 0 Å². The number of rotatable bonds is 6. The van der Waals surface area contributed by atoms with Gasteiger partial charge in [0.15, 0.2) is 5.76 Å². The second-order valence-electron chi connectivity index (χ2n) is 5.21. The highest BCUT2D eigenvalue weighted by Gasteiger charge is 2.15. The lowest BCUT2D eigenvalue weighted by molar-refractivity contribution is 0.412. The third kappa shape index (κ3) is 3.05. The van der Waals surface area contributed by atoms with Gasteiger partial charge in [-0.1, -0.05) is 48.6 Å². The van der Waals surface area contributed by atoms with Crippen molar-refractivity contribution < 1.29 is 4.52 Å². The predicted molar refractivity (Wildman–Crippen MR) is 98.1 cm³/mol. The molecule has 0 radical (unpaired) electrons. The number of nitrogens with two attached hydrogens (primary N) is 1. The fourth-order valence-electron chi connectivity index (χ4n) is 2.43. The third-order valence-electron chi connectivity index (χ3n) is 3.66. The number of anilines is 2. The molecule has 0 bridgehead atoms. The lowest BCUT2D eigenvalue weighted by Crippen LogP contribution is -2.04. The van der Waals surface area contributed by atoms with Crippen molar-refractivity contribution >= 4 is 23.7 Å². The summed E-state index contributed by atoms with van der Waals surface area (Å²) < 4.78 is 5.27. The zero-order valence-electron chi connectivity index (χ0n) is 13.2. The van der Waals surface area contributed by atoms with Gasteiger partial charge < -0.3 is 15.6 Å². The fourth-order valence-corrected chi connectivity index (χ4v) is 2.43. The molecule has 2 heterocycles. The Balaban J connectivity index is 1.93. The first-order valence-corrected chi connectivity index (χ1v) is 7.51. The van der Waals surface area contributed by atoms with Crippen LogP contribution in [0.3, 0.4) is 0 Å². The second-order valence-corrected chi connectivity index (χ2v) is 5.21. The van der Waals surface area contributed by atoms with Crippen LogP contribution < -0.4 is 11.1 Å². The van der Waals surface area contributed by atoms with Crippen LogP contribution in [0.1, 0.15) is 17.0 Å². The fraction of sp³-hybridized carbons (Fsp3) is 0.0526. The summed E-state index contributed by atoms with van der Waals surface area (Å²) in [5, 5.41) is 7.30. The van der Waals surface area contributed by atoms with Gasteiger partial charge in [-0.05, 0) is 23.8 Å². The van der Waals surface area contributed by atoms with E-state index in [0.717, 1.165) is 22.4 Å². The minimum Gasteiger partial charge on any atom is -0.382 e. The van der Waals surface area contributed by atoms with Crippen molar-refractivity contribution in [2.45, 2.75) is 6.54 Å². The van der Waals surface area contributed by atoms with Crippen LogP contribution in [0.5, 0.6) is 0 Å². The SMILES string of the molecule is C=Cc1noc(C=C)c1-c1cnc(N)c(NCc2ccccc2)c1. The average molecular weight is 318 g/mol. The predicted octanol–water partition coefficient (Wildman–Crippen LogP) is 4.22. The number of nitrogen functional groups attached to an aromatic ring is 1. The quantitative estimate of drug-likeness (QED) is 0.711. The Morgan fingerprint density at radius 2 is 1.96 bits per heavy atom. The Morgan fingerprint density at radius 3 is 2.67 bits per heavy atom. The highest BCUT2D eigenvalue weighted by atomic mass is 16.5. The second kappa shape index (κ2) is 6.83. The van der Waals surface area contributed by atoms with Gasteiger partial charge in [-0.3, -0.25) is 0 Å². The van der Waals surface area contributed by atoms with Crippen molar-refractivity contribution in [2.75, 3.05) is 11.1 Å². The van der Waals surface area contributed by atoms with E-state index in [4.69, 9.17) is 10.3 Å². The summed E-state index contributed by atoms with van der Waals surface area (Å²) >= 11 is 0. The van der Waals surface area contributed by atoms with E-state index in [9.17, 15) is 0 Å². The summed E-state index contributed by atoms with van der Waals surface area (Å²) in [6, 6.07) is 12.0. The van der Waals surface area contributed by atoms with E-state index in [2.05, 4.69) is 28.6 Å². The molecule has 3 N–H and O–H groups in total. The summed E-state index contributed by atoms with van der Waals surface area (Å²) in [7, 11) is 0. The summed E-state index contributed by atoms with van der Waals surface area (Å²) in [5.41, 5.74) is 10.2. The number of pyridine rings is 1. The van der Waals surface area contributed by atoms with E-state index in [-0.39, 0.29) is 0 Å². The zero-order valence-corrected chi connectivity index (χ0v) is 13.2. The molecule has 0 aliphatic heterocycles. The van der Waals surface area contributed by atoms with Gasteiger partial charge in [0.05, 0.1) is 11.3 Å². The van der Waals surface area contributed by atoms with E-state index in [1.165, 1.54) is 0 Å². The molecular formula is C19H18N4O. The molecule has 0 aliphatic rings. The Hall–Kier alpha value is -3.34. The molecule has 3 aromatic rings. The van der Waals surface area contributed by atoms with Crippen LogP contribution in [-0.2, 0) is 6.54 Å². The van der Waals surface area contributed by atoms with Crippen LogP contribution in [0.15, 0.2) is 60.3 Å². The van der Waals surface area contributed by atoms with Gasteiger partial charge in [0.1, 0.15) is 11.5 Å². The molecule has 0 spiro atoms. The number of benzene rings is 1. The van der Waals surface area contributed by atoms with Gasteiger partial charge in [-0.25, -0.2) is 4.98 Å². The van der Waals surface area contributed by atoms with Crippen molar-refractivity contribution in [3.8, 4) is 11.1 Å². The minimum atomic E-state index is 0.437. The first kappa shape index (κ1) is 15.6. The molecule has 24 heavy (non-hydrogen) atoms. The van der Waals surface area contributed by atoms with Crippen LogP contribution in [0.4, 0.5) is 11.5 Å². The van der Waals surface area contributed by atoms with Gasteiger partial charge in [-0.2, -0.15) is 0 Å². The lowest BCUT2D eigenvalue weighted by atomic mass is 10.0. The maximum Gasteiger partial charge on any atom is 0.167 e. The van der Waals surface area contributed by atoms with E-state index < -0.39 is 0 Å². The Kier molecular flexibility index (Phi) is 4.43. The molecule has 0 atom stereocenters. The van der Waals surface area contributed by atoms with Crippen molar-refractivity contribution in [3.63, 3.8) is 0 Å². The molecule has 0 saturated heterocycles. The highest BCUT2D eigenvalue weighted by Crippen LogP contribution is 2.32. The molecule has 0 amide bonds. The molecular weight excluding hydrogens is 300 g/mol. The lowest BCUT2D eigenvalue weighted by Gasteiger charge is -2.11. The number of aromatic nitrogens is 2. The smallest absolute Gasteiger partial charge is 0.167 e. The van der Waals surface area contributed by atoms with Gasteiger partial charge in [-0.15, -0.1) is 0 Å². The van der Waals surface area contributed by atoms with Crippen LogP contribution in [0, 0.1) is 0 Å². The van der Waals surface area contributed by atoms with E-state index >= 15 is 0 Å². The van der Waals surface area contributed by atoms with Crippen LogP contribution >= 0.6 is 0 Å². The molecule has 3 rings (SSSR count). The highest BCUT2D eigenvalue weighted by molar-refractivity contribution is 5.81. The Morgan fingerprint density at radius 1 is 1.17 bits per heavy atom. The molecule has 0 aliphatic carbocycles. The number of hydrogen-bond donors (Lipinski definition) is 2. The molecule has 2 aromatic heterocycles. The average Bonchev–Trinajstić information content (AvgIpc) is 3.05. The Labute approximate surface area is 140 Å². The summed E-state index contributed by atoms with van der Waals surface area (Å²) in [4.78, 5) is 4.28. The molecule has 120 valence electrons. The molecule has 5 nitrogen and oxygen atoms in total. The van der Waals surface area contributed by atoms with Crippen molar-refractivity contribution in [2.24, 2.45) is 0 Å². The third-order valence-corrected chi connectivity index (χ3v) is 3.66. The Bertz CT molecular complexity index is 843. The van der Waals surface area contributed by atoms with E-state index in [0.29, 0.717) is 23.8 Å². The maximum atomic E-state index is 6.00. The molecule has 0 fully saturated rings. The monoisotopic (exact) mass is 318 g/mol. The number of nitrogens with one attached hydrogen (secondary N) is 1. The first-order chi connectivity index (χ1) is 11.7. The number of hydrogen-bond acceptors (Lipinski definition) is 5. The zero-order chi connectivity index (χ0) is 16.9. The van der Waals surface area contributed by atoms with E-state index in [1.54, 1.807) is 18.3 Å². The minimum absolute atomic E-state index is 0.437. The summed E-state index contributed by atoms with van der Waals surface area (Å²) in [5.74, 6) is 1.01. The molecule has 0 unspecified atom stereocenters.